The monoisotopic (exact) mass is 327 g/mol. The first kappa shape index (κ1) is 17.9. The van der Waals surface area contributed by atoms with Crippen molar-refractivity contribution >= 4 is 11.6 Å². The molecule has 5 nitrogen and oxygen atoms in total. The van der Waals surface area contributed by atoms with Gasteiger partial charge in [-0.3, -0.25) is 4.79 Å². The smallest absolute Gasteiger partial charge is 0.267 e. The third-order valence-electron chi connectivity index (χ3n) is 4.51. The zero-order chi connectivity index (χ0) is 17.7. The number of nitrogens with one attached hydrogen (secondary N) is 1. The number of carbonyl (C=O) groups excluding carboxylic acids is 1. The van der Waals surface area contributed by atoms with Crippen LogP contribution in [-0.4, -0.2) is 30.0 Å². The third-order valence-corrected chi connectivity index (χ3v) is 4.51. The summed E-state index contributed by atoms with van der Waals surface area (Å²) in [7, 11) is 1.55. The van der Waals surface area contributed by atoms with Crippen LogP contribution in [0.4, 0.5) is 5.69 Å². The Labute approximate surface area is 143 Å². The number of nitrogens with zero attached hydrogens (tertiary/aromatic N) is 2. The minimum absolute atomic E-state index is 0.110. The third kappa shape index (κ3) is 4.08. The second-order valence-electron chi connectivity index (χ2n) is 6.39. The maximum Gasteiger partial charge on any atom is 0.267 e. The molecule has 1 amide bonds. The van der Waals surface area contributed by atoms with Crippen LogP contribution in [0, 0.1) is 18.3 Å². The largest absolute Gasteiger partial charge is 0.495 e. The van der Waals surface area contributed by atoms with E-state index in [1.807, 2.05) is 25.1 Å². The van der Waals surface area contributed by atoms with Gasteiger partial charge < -0.3 is 15.0 Å². The Morgan fingerprint density at radius 1 is 1.38 bits per heavy atom. The van der Waals surface area contributed by atoms with E-state index in [0.29, 0.717) is 23.5 Å². The van der Waals surface area contributed by atoms with Crippen LogP contribution in [0.15, 0.2) is 30.0 Å². The van der Waals surface area contributed by atoms with E-state index in [0.717, 1.165) is 18.4 Å². The van der Waals surface area contributed by atoms with E-state index in [4.69, 9.17) is 4.74 Å². The number of nitriles is 1. The molecule has 2 unspecified atom stereocenters. The topological polar surface area (TPSA) is 65.4 Å². The van der Waals surface area contributed by atoms with Gasteiger partial charge in [-0.25, -0.2) is 0 Å². The lowest BCUT2D eigenvalue weighted by molar-refractivity contribution is -0.112. The van der Waals surface area contributed by atoms with Crippen molar-refractivity contribution in [1.82, 2.24) is 4.90 Å². The van der Waals surface area contributed by atoms with Gasteiger partial charge in [-0.1, -0.05) is 6.07 Å². The highest BCUT2D eigenvalue weighted by molar-refractivity contribution is 6.07. The van der Waals surface area contributed by atoms with Crippen LogP contribution in [0.2, 0.25) is 0 Å². The summed E-state index contributed by atoms with van der Waals surface area (Å²) < 4.78 is 5.27. The molecular weight excluding hydrogens is 302 g/mol. The van der Waals surface area contributed by atoms with E-state index in [2.05, 4.69) is 24.1 Å². The maximum atomic E-state index is 12.5. The van der Waals surface area contributed by atoms with E-state index in [9.17, 15) is 10.1 Å². The molecule has 1 aliphatic rings. The molecule has 24 heavy (non-hydrogen) atoms. The van der Waals surface area contributed by atoms with Crippen molar-refractivity contribution in [2.45, 2.75) is 52.1 Å². The standard InChI is InChI=1S/C19H25N3O2/c1-13-8-9-18(24-4)17(10-13)21-19(23)16(11-20)12-22-14(2)6-5-7-15(22)3/h8-10,12,14-15H,5-7H2,1-4H3,(H,21,23)/b16-12-. The quantitative estimate of drug-likeness (QED) is 0.678. The Bertz CT molecular complexity index is 666. The predicted molar refractivity (Wildman–Crippen MR) is 94.7 cm³/mol. The molecule has 0 aromatic heterocycles. The number of likely N-dealkylation sites (tertiary alicyclic amines) is 1. The van der Waals surface area contributed by atoms with Crippen molar-refractivity contribution in [3.8, 4) is 11.8 Å². The molecule has 1 heterocycles. The fourth-order valence-electron chi connectivity index (χ4n) is 3.09. The summed E-state index contributed by atoms with van der Waals surface area (Å²) in [5, 5.41) is 12.2. The summed E-state index contributed by atoms with van der Waals surface area (Å²) in [6.07, 6.45) is 5.03. The van der Waals surface area contributed by atoms with Gasteiger partial charge in [0.25, 0.3) is 5.91 Å². The molecule has 0 saturated carbocycles. The molecule has 1 fully saturated rings. The number of hydrogen-bond donors (Lipinski definition) is 1. The van der Waals surface area contributed by atoms with Crippen LogP contribution >= 0.6 is 0 Å². The molecule has 2 atom stereocenters. The zero-order valence-electron chi connectivity index (χ0n) is 14.8. The second-order valence-corrected chi connectivity index (χ2v) is 6.39. The highest BCUT2D eigenvalue weighted by Gasteiger charge is 2.24. The average Bonchev–Trinajstić information content (AvgIpc) is 2.55. The highest BCUT2D eigenvalue weighted by Crippen LogP contribution is 2.27. The summed E-state index contributed by atoms with van der Waals surface area (Å²) in [4.78, 5) is 14.6. The van der Waals surface area contributed by atoms with Crippen molar-refractivity contribution in [2.24, 2.45) is 0 Å². The predicted octanol–water partition coefficient (Wildman–Crippen LogP) is 3.61. The number of hydrogen-bond acceptors (Lipinski definition) is 4. The van der Waals surface area contributed by atoms with Crippen molar-refractivity contribution in [1.29, 1.82) is 5.26 Å². The molecule has 0 spiro atoms. The SMILES string of the molecule is COc1ccc(C)cc1NC(=O)/C(C#N)=C\N1C(C)CCCC1C. The van der Waals surface area contributed by atoms with Gasteiger partial charge in [0.05, 0.1) is 12.8 Å². The Morgan fingerprint density at radius 3 is 2.62 bits per heavy atom. The van der Waals surface area contributed by atoms with Crippen LogP contribution < -0.4 is 10.1 Å². The molecule has 1 aromatic carbocycles. The fourth-order valence-corrected chi connectivity index (χ4v) is 3.09. The van der Waals surface area contributed by atoms with Gasteiger partial charge in [0, 0.05) is 18.3 Å². The molecule has 1 aromatic rings. The van der Waals surface area contributed by atoms with E-state index in [1.165, 1.54) is 6.42 Å². The number of ether oxygens (including phenoxy) is 1. The molecule has 0 bridgehead atoms. The molecule has 1 N–H and O–H groups in total. The Kier molecular flexibility index (Phi) is 5.86. The Morgan fingerprint density at radius 2 is 2.04 bits per heavy atom. The van der Waals surface area contributed by atoms with E-state index >= 15 is 0 Å². The molecule has 5 heteroatoms. The zero-order valence-corrected chi connectivity index (χ0v) is 14.8. The molecule has 0 aliphatic carbocycles. The van der Waals surface area contributed by atoms with Gasteiger partial charge in [0.1, 0.15) is 17.4 Å². The number of methoxy groups -OCH3 is 1. The van der Waals surface area contributed by atoms with Gasteiger partial charge in [0.15, 0.2) is 0 Å². The lowest BCUT2D eigenvalue weighted by Crippen LogP contribution is -2.40. The fraction of sp³-hybridized carbons (Fsp3) is 0.474. The molecule has 1 aliphatic heterocycles. The molecular formula is C19H25N3O2. The first-order chi connectivity index (χ1) is 11.5. The van der Waals surface area contributed by atoms with E-state index < -0.39 is 5.91 Å². The van der Waals surface area contributed by atoms with Crippen LogP contribution in [0.25, 0.3) is 0 Å². The summed E-state index contributed by atoms with van der Waals surface area (Å²) >= 11 is 0. The van der Waals surface area contributed by atoms with Crippen LogP contribution in [0.1, 0.15) is 38.7 Å². The van der Waals surface area contributed by atoms with Crippen LogP contribution in [0.5, 0.6) is 5.75 Å². The minimum Gasteiger partial charge on any atom is -0.495 e. The summed E-state index contributed by atoms with van der Waals surface area (Å²) in [6.45, 7) is 6.19. The molecule has 2 rings (SSSR count). The Hall–Kier alpha value is -2.48. The van der Waals surface area contributed by atoms with Crippen LogP contribution in [-0.2, 0) is 4.79 Å². The van der Waals surface area contributed by atoms with Crippen LogP contribution in [0.3, 0.4) is 0 Å². The number of benzene rings is 1. The minimum atomic E-state index is -0.411. The van der Waals surface area contributed by atoms with E-state index in [1.54, 1.807) is 19.4 Å². The first-order valence-corrected chi connectivity index (χ1v) is 8.31. The van der Waals surface area contributed by atoms with Gasteiger partial charge in [-0.2, -0.15) is 5.26 Å². The summed E-state index contributed by atoms with van der Waals surface area (Å²) in [6, 6.07) is 8.23. The normalized spacial score (nSPS) is 21.1. The average molecular weight is 327 g/mol. The van der Waals surface area contributed by atoms with E-state index in [-0.39, 0.29) is 5.57 Å². The molecule has 1 saturated heterocycles. The maximum absolute atomic E-state index is 12.5. The number of amides is 1. The first-order valence-electron chi connectivity index (χ1n) is 8.31. The molecule has 128 valence electrons. The lowest BCUT2D eigenvalue weighted by atomic mass is 9.98. The summed E-state index contributed by atoms with van der Waals surface area (Å²) in [5.41, 5.74) is 1.69. The number of piperidine rings is 1. The second kappa shape index (κ2) is 7.87. The van der Waals surface area contributed by atoms with Gasteiger partial charge in [0.2, 0.25) is 0 Å². The van der Waals surface area contributed by atoms with Crippen molar-refractivity contribution < 1.29 is 9.53 Å². The van der Waals surface area contributed by atoms with Gasteiger partial charge in [-0.15, -0.1) is 0 Å². The highest BCUT2D eigenvalue weighted by atomic mass is 16.5. The van der Waals surface area contributed by atoms with Gasteiger partial charge in [-0.05, 0) is 57.7 Å². The number of carbonyl (C=O) groups is 1. The lowest BCUT2D eigenvalue weighted by Gasteiger charge is -2.38. The van der Waals surface area contributed by atoms with Crippen molar-refractivity contribution in [3.63, 3.8) is 0 Å². The summed E-state index contributed by atoms with van der Waals surface area (Å²) in [5.74, 6) is 0.164. The number of rotatable bonds is 4. The van der Waals surface area contributed by atoms with Crippen molar-refractivity contribution in [3.05, 3.63) is 35.5 Å². The number of aryl methyl sites for hydroxylation is 1. The van der Waals surface area contributed by atoms with Crippen molar-refractivity contribution in [2.75, 3.05) is 12.4 Å². The molecule has 0 radical (unpaired) electrons. The Balaban J connectivity index is 2.22. The number of anilines is 1. The van der Waals surface area contributed by atoms with Gasteiger partial charge >= 0.3 is 0 Å².